The lowest BCUT2D eigenvalue weighted by atomic mass is 9.99. The Balaban J connectivity index is 1.91. The Morgan fingerprint density at radius 1 is 1.39 bits per heavy atom. The SMILES string of the molecule is CCCS(=O)(=O)N1CCCC(CNC(=O)c2ccccc2Cl)C1. The highest BCUT2D eigenvalue weighted by Crippen LogP contribution is 2.20. The van der Waals surface area contributed by atoms with E-state index in [1.54, 1.807) is 28.6 Å². The molecule has 128 valence electrons. The van der Waals surface area contributed by atoms with Gasteiger partial charge in [0, 0.05) is 19.6 Å². The molecule has 2 rings (SSSR count). The van der Waals surface area contributed by atoms with Crippen molar-refractivity contribution in [2.45, 2.75) is 26.2 Å². The van der Waals surface area contributed by atoms with Gasteiger partial charge in [-0.2, -0.15) is 0 Å². The highest BCUT2D eigenvalue weighted by molar-refractivity contribution is 7.89. The number of piperidine rings is 1. The lowest BCUT2D eigenvalue weighted by molar-refractivity contribution is 0.0941. The molecule has 1 saturated heterocycles. The molecule has 0 aromatic heterocycles. The lowest BCUT2D eigenvalue weighted by Crippen LogP contribution is -2.44. The number of carbonyl (C=O) groups excluding carboxylic acids is 1. The van der Waals surface area contributed by atoms with Crippen LogP contribution in [-0.2, 0) is 10.0 Å². The highest BCUT2D eigenvalue weighted by Gasteiger charge is 2.28. The predicted octanol–water partition coefficient (Wildman–Crippen LogP) is 2.52. The van der Waals surface area contributed by atoms with E-state index in [0.717, 1.165) is 12.8 Å². The Labute approximate surface area is 143 Å². The molecule has 1 fully saturated rings. The second-order valence-electron chi connectivity index (χ2n) is 5.87. The smallest absolute Gasteiger partial charge is 0.252 e. The van der Waals surface area contributed by atoms with Gasteiger partial charge in [-0.05, 0) is 37.3 Å². The summed E-state index contributed by atoms with van der Waals surface area (Å²) in [6.07, 6.45) is 2.36. The van der Waals surface area contributed by atoms with Crippen LogP contribution in [0.3, 0.4) is 0 Å². The average Bonchev–Trinajstić information content (AvgIpc) is 2.53. The number of nitrogens with zero attached hydrogens (tertiary/aromatic N) is 1. The van der Waals surface area contributed by atoms with Crippen molar-refractivity contribution in [3.8, 4) is 0 Å². The monoisotopic (exact) mass is 358 g/mol. The van der Waals surface area contributed by atoms with Crippen LogP contribution in [0.25, 0.3) is 0 Å². The zero-order chi connectivity index (χ0) is 16.9. The van der Waals surface area contributed by atoms with Gasteiger partial charge in [0.05, 0.1) is 16.3 Å². The van der Waals surface area contributed by atoms with E-state index in [1.807, 2.05) is 6.92 Å². The molecule has 1 heterocycles. The summed E-state index contributed by atoms with van der Waals surface area (Å²) in [6.45, 7) is 3.38. The molecular formula is C16H23ClN2O3S. The van der Waals surface area contributed by atoms with Crippen molar-refractivity contribution in [3.05, 3.63) is 34.9 Å². The number of hydrogen-bond donors (Lipinski definition) is 1. The van der Waals surface area contributed by atoms with E-state index in [2.05, 4.69) is 5.32 Å². The molecule has 1 amide bonds. The molecule has 23 heavy (non-hydrogen) atoms. The van der Waals surface area contributed by atoms with Crippen molar-refractivity contribution in [2.75, 3.05) is 25.4 Å². The summed E-state index contributed by atoms with van der Waals surface area (Å²) < 4.78 is 25.9. The van der Waals surface area contributed by atoms with Crippen LogP contribution >= 0.6 is 11.6 Å². The van der Waals surface area contributed by atoms with Crippen molar-refractivity contribution in [3.63, 3.8) is 0 Å². The minimum absolute atomic E-state index is 0.141. The van der Waals surface area contributed by atoms with Crippen LogP contribution < -0.4 is 5.32 Å². The van der Waals surface area contributed by atoms with E-state index in [9.17, 15) is 13.2 Å². The summed E-state index contributed by atoms with van der Waals surface area (Å²) in [5.41, 5.74) is 0.445. The second kappa shape index (κ2) is 8.13. The topological polar surface area (TPSA) is 66.5 Å². The number of halogens is 1. The number of hydrogen-bond acceptors (Lipinski definition) is 3. The van der Waals surface area contributed by atoms with E-state index in [0.29, 0.717) is 36.6 Å². The van der Waals surface area contributed by atoms with Gasteiger partial charge in [-0.3, -0.25) is 4.79 Å². The Kier molecular flexibility index (Phi) is 6.44. The Morgan fingerprint density at radius 2 is 2.13 bits per heavy atom. The summed E-state index contributed by atoms with van der Waals surface area (Å²) in [5.74, 6) is 0.108. The molecule has 1 aliphatic rings. The van der Waals surface area contributed by atoms with Crippen LogP contribution in [0.1, 0.15) is 36.5 Å². The zero-order valence-electron chi connectivity index (χ0n) is 13.3. The fourth-order valence-electron chi connectivity index (χ4n) is 2.81. The van der Waals surface area contributed by atoms with E-state index in [4.69, 9.17) is 11.6 Å². The van der Waals surface area contributed by atoms with Gasteiger partial charge in [0.1, 0.15) is 0 Å². The van der Waals surface area contributed by atoms with Crippen LogP contribution in [-0.4, -0.2) is 44.0 Å². The first-order valence-electron chi connectivity index (χ1n) is 7.94. The number of sulfonamides is 1. The summed E-state index contributed by atoms with van der Waals surface area (Å²) in [5, 5.41) is 3.29. The Bertz CT molecular complexity index is 648. The molecule has 5 nitrogen and oxygen atoms in total. The van der Waals surface area contributed by atoms with Crippen LogP contribution in [0.15, 0.2) is 24.3 Å². The minimum Gasteiger partial charge on any atom is -0.352 e. The Morgan fingerprint density at radius 3 is 2.83 bits per heavy atom. The first kappa shape index (κ1) is 18.2. The number of benzene rings is 1. The molecule has 0 aliphatic carbocycles. The molecule has 1 aromatic rings. The molecule has 1 aliphatic heterocycles. The molecular weight excluding hydrogens is 336 g/mol. The molecule has 0 bridgehead atoms. The largest absolute Gasteiger partial charge is 0.352 e. The molecule has 1 unspecified atom stereocenters. The highest BCUT2D eigenvalue weighted by atomic mass is 35.5. The van der Waals surface area contributed by atoms with Gasteiger partial charge in [0.15, 0.2) is 0 Å². The van der Waals surface area contributed by atoms with E-state index in [-0.39, 0.29) is 17.6 Å². The van der Waals surface area contributed by atoms with Crippen molar-refractivity contribution in [1.82, 2.24) is 9.62 Å². The van der Waals surface area contributed by atoms with E-state index < -0.39 is 10.0 Å². The summed E-state index contributed by atoms with van der Waals surface area (Å²) in [4.78, 5) is 12.2. The van der Waals surface area contributed by atoms with Crippen LogP contribution in [0.2, 0.25) is 5.02 Å². The fraction of sp³-hybridized carbons (Fsp3) is 0.562. The standard InChI is InChI=1S/C16H23ClN2O3S/c1-2-10-23(21,22)19-9-5-6-13(12-19)11-18-16(20)14-7-3-4-8-15(14)17/h3-4,7-8,13H,2,5-6,9-12H2,1H3,(H,18,20). The third kappa shape index (κ3) is 4.93. The van der Waals surface area contributed by atoms with Crippen molar-refractivity contribution in [2.24, 2.45) is 5.92 Å². The average molecular weight is 359 g/mol. The van der Waals surface area contributed by atoms with Crippen LogP contribution in [0.4, 0.5) is 0 Å². The first-order chi connectivity index (χ1) is 10.9. The maximum absolute atomic E-state index is 12.2. The summed E-state index contributed by atoms with van der Waals surface area (Å²) in [7, 11) is -3.16. The molecule has 0 radical (unpaired) electrons. The third-order valence-electron chi connectivity index (χ3n) is 4.01. The number of amides is 1. The maximum atomic E-state index is 12.2. The van der Waals surface area contributed by atoms with E-state index >= 15 is 0 Å². The second-order valence-corrected chi connectivity index (χ2v) is 8.37. The maximum Gasteiger partial charge on any atom is 0.252 e. The normalized spacial score (nSPS) is 19.5. The van der Waals surface area contributed by atoms with Crippen LogP contribution in [0.5, 0.6) is 0 Å². The zero-order valence-corrected chi connectivity index (χ0v) is 14.9. The number of nitrogens with one attached hydrogen (secondary N) is 1. The quantitative estimate of drug-likeness (QED) is 0.849. The van der Waals surface area contributed by atoms with Gasteiger partial charge in [-0.1, -0.05) is 30.7 Å². The molecule has 1 N–H and O–H groups in total. The third-order valence-corrected chi connectivity index (χ3v) is 6.38. The molecule has 1 aromatic carbocycles. The number of rotatable bonds is 6. The van der Waals surface area contributed by atoms with Crippen LogP contribution in [0, 0.1) is 5.92 Å². The predicted molar refractivity (Wildman–Crippen MR) is 92.2 cm³/mol. The molecule has 0 saturated carbocycles. The molecule has 1 atom stereocenters. The van der Waals surface area contributed by atoms with Gasteiger partial charge in [-0.15, -0.1) is 0 Å². The summed E-state index contributed by atoms with van der Waals surface area (Å²) in [6, 6.07) is 6.89. The number of carbonyl (C=O) groups is 1. The Hall–Kier alpha value is -1.11. The van der Waals surface area contributed by atoms with Gasteiger partial charge >= 0.3 is 0 Å². The van der Waals surface area contributed by atoms with Gasteiger partial charge in [-0.25, -0.2) is 12.7 Å². The minimum atomic E-state index is -3.16. The van der Waals surface area contributed by atoms with Gasteiger partial charge in [0.25, 0.3) is 5.91 Å². The summed E-state index contributed by atoms with van der Waals surface area (Å²) >= 11 is 6.01. The first-order valence-corrected chi connectivity index (χ1v) is 9.93. The molecule has 7 heteroatoms. The van der Waals surface area contributed by atoms with Gasteiger partial charge in [0.2, 0.25) is 10.0 Å². The van der Waals surface area contributed by atoms with E-state index in [1.165, 1.54) is 0 Å². The van der Waals surface area contributed by atoms with Crippen molar-refractivity contribution >= 4 is 27.5 Å². The van der Waals surface area contributed by atoms with Gasteiger partial charge < -0.3 is 5.32 Å². The van der Waals surface area contributed by atoms with Crippen molar-refractivity contribution < 1.29 is 13.2 Å². The molecule has 0 spiro atoms. The fourth-order valence-corrected chi connectivity index (χ4v) is 4.65. The van der Waals surface area contributed by atoms with Crippen molar-refractivity contribution in [1.29, 1.82) is 0 Å². The lowest BCUT2D eigenvalue weighted by Gasteiger charge is -2.32.